The van der Waals surface area contributed by atoms with Crippen molar-refractivity contribution in [3.8, 4) is 0 Å². The number of likely N-dealkylation sites (tertiary alicyclic amines) is 1. The fraction of sp³-hybridized carbons (Fsp3) is 0.300. The fourth-order valence-electron chi connectivity index (χ4n) is 5.27. The number of hydrogen-bond donors (Lipinski definition) is 3. The predicted molar refractivity (Wildman–Crippen MR) is 154 cm³/mol. The number of hydrogen-bond acceptors (Lipinski definition) is 6. The van der Waals surface area contributed by atoms with E-state index >= 15 is 0 Å². The quantitative estimate of drug-likeness (QED) is 0.290. The first-order chi connectivity index (χ1) is 19.0. The van der Waals surface area contributed by atoms with Gasteiger partial charge in [0.25, 0.3) is 0 Å². The van der Waals surface area contributed by atoms with Crippen LogP contribution in [0.4, 0.5) is 17.2 Å². The number of rotatable bonds is 7. The lowest BCUT2D eigenvalue weighted by Crippen LogP contribution is -2.38. The minimum Gasteiger partial charge on any atom is -0.397 e. The Morgan fingerprint density at radius 1 is 1.00 bits per heavy atom. The molecule has 2 aliphatic heterocycles. The summed E-state index contributed by atoms with van der Waals surface area (Å²) in [5.41, 5.74) is 8.98. The smallest absolute Gasteiger partial charge is 0.248 e. The zero-order valence-corrected chi connectivity index (χ0v) is 22.3. The summed E-state index contributed by atoms with van der Waals surface area (Å²) in [6.07, 6.45) is 6.72. The van der Waals surface area contributed by atoms with E-state index in [0.717, 1.165) is 43.7 Å². The molecule has 9 heteroatoms. The van der Waals surface area contributed by atoms with Crippen molar-refractivity contribution in [3.05, 3.63) is 89.1 Å². The number of aromatic nitrogens is 1. The van der Waals surface area contributed by atoms with Gasteiger partial charge in [-0.3, -0.25) is 14.5 Å². The van der Waals surface area contributed by atoms with Gasteiger partial charge in [-0.05, 0) is 54.3 Å². The number of ether oxygens (including phenoxy) is 1. The molecule has 39 heavy (non-hydrogen) atoms. The van der Waals surface area contributed by atoms with Crippen molar-refractivity contribution in [2.24, 2.45) is 5.92 Å². The Labute approximate surface area is 233 Å². The van der Waals surface area contributed by atoms with E-state index < -0.39 is 0 Å². The molecule has 4 N–H and O–H groups in total. The normalized spacial score (nSPS) is 20.2. The molecule has 3 heterocycles. The third kappa shape index (κ3) is 6.84. The van der Waals surface area contributed by atoms with Gasteiger partial charge in [0.2, 0.25) is 11.8 Å². The maximum absolute atomic E-state index is 13.4. The molecule has 0 saturated carbocycles. The second-order valence-corrected chi connectivity index (χ2v) is 10.4. The van der Waals surface area contributed by atoms with Crippen LogP contribution >= 0.6 is 11.6 Å². The molecule has 2 amide bonds. The molecule has 2 unspecified atom stereocenters. The molecule has 0 bridgehead atoms. The number of carbonyl (C=O) groups excluding carboxylic acids is 2. The summed E-state index contributed by atoms with van der Waals surface area (Å²) in [4.78, 5) is 32.5. The Hall–Kier alpha value is -3.72. The molecule has 2 atom stereocenters. The summed E-state index contributed by atoms with van der Waals surface area (Å²) in [5, 5.41) is 6.29. The molecule has 2 saturated heterocycles. The summed E-state index contributed by atoms with van der Waals surface area (Å²) in [7, 11) is 0. The van der Waals surface area contributed by atoms with Gasteiger partial charge in [0.05, 0.1) is 22.3 Å². The zero-order valence-electron chi connectivity index (χ0n) is 21.6. The predicted octanol–water partition coefficient (Wildman–Crippen LogP) is 4.80. The number of nitrogens with zero attached hydrogens (tertiary/aromatic N) is 2. The zero-order chi connectivity index (χ0) is 27.2. The molecule has 5 rings (SSSR count). The fourth-order valence-corrected chi connectivity index (χ4v) is 5.38. The van der Waals surface area contributed by atoms with Crippen molar-refractivity contribution in [1.82, 2.24) is 9.88 Å². The van der Waals surface area contributed by atoms with Crippen molar-refractivity contribution in [2.75, 3.05) is 42.7 Å². The molecule has 202 valence electrons. The van der Waals surface area contributed by atoms with Gasteiger partial charge in [-0.2, -0.15) is 0 Å². The Balaban J connectivity index is 1.29. The first-order valence-corrected chi connectivity index (χ1v) is 13.5. The molecule has 2 aliphatic rings. The first-order valence-electron chi connectivity index (χ1n) is 13.1. The number of anilines is 3. The first kappa shape index (κ1) is 26.9. The maximum atomic E-state index is 13.4. The van der Waals surface area contributed by atoms with E-state index in [2.05, 4.69) is 20.5 Å². The number of para-hydroxylation sites is 2. The molecule has 3 aromatic rings. The van der Waals surface area contributed by atoms with Crippen LogP contribution in [0.15, 0.2) is 72.9 Å². The summed E-state index contributed by atoms with van der Waals surface area (Å²) in [5.74, 6) is -0.0160. The second-order valence-electron chi connectivity index (χ2n) is 9.94. The van der Waals surface area contributed by atoms with Crippen LogP contribution in [0.1, 0.15) is 29.9 Å². The van der Waals surface area contributed by atoms with Crippen LogP contribution in [0.3, 0.4) is 0 Å². The van der Waals surface area contributed by atoms with Gasteiger partial charge < -0.3 is 21.1 Å². The second kappa shape index (κ2) is 12.4. The van der Waals surface area contributed by atoms with Gasteiger partial charge in [0, 0.05) is 50.5 Å². The largest absolute Gasteiger partial charge is 0.397 e. The summed E-state index contributed by atoms with van der Waals surface area (Å²) in [6, 6.07) is 19.0. The summed E-state index contributed by atoms with van der Waals surface area (Å²) >= 11 is 5.95. The average Bonchev–Trinajstić information content (AvgIpc) is 3.41. The Morgan fingerprint density at radius 3 is 2.49 bits per heavy atom. The lowest BCUT2D eigenvalue weighted by atomic mass is 9.88. The van der Waals surface area contributed by atoms with Gasteiger partial charge >= 0.3 is 0 Å². The average molecular weight is 546 g/mol. The Bertz CT molecular complexity index is 1320. The third-order valence-corrected chi connectivity index (χ3v) is 7.60. The van der Waals surface area contributed by atoms with E-state index in [4.69, 9.17) is 22.1 Å². The number of benzene rings is 2. The number of pyridine rings is 1. The van der Waals surface area contributed by atoms with Crippen LogP contribution in [0.2, 0.25) is 5.02 Å². The van der Waals surface area contributed by atoms with Crippen molar-refractivity contribution in [2.45, 2.75) is 24.8 Å². The molecule has 2 fully saturated rings. The number of nitrogens with one attached hydrogen (secondary N) is 2. The van der Waals surface area contributed by atoms with E-state index in [9.17, 15) is 9.59 Å². The van der Waals surface area contributed by atoms with E-state index in [-0.39, 0.29) is 23.7 Å². The van der Waals surface area contributed by atoms with Crippen LogP contribution < -0.4 is 16.4 Å². The van der Waals surface area contributed by atoms with Crippen LogP contribution in [0, 0.1) is 5.92 Å². The monoisotopic (exact) mass is 545 g/mol. The highest BCUT2D eigenvalue weighted by Crippen LogP contribution is 2.36. The molecule has 0 radical (unpaired) electrons. The van der Waals surface area contributed by atoms with E-state index in [0.29, 0.717) is 34.8 Å². The van der Waals surface area contributed by atoms with Crippen molar-refractivity contribution in [3.63, 3.8) is 0 Å². The van der Waals surface area contributed by atoms with Gasteiger partial charge in [-0.25, -0.2) is 4.98 Å². The molecule has 1 aromatic heterocycles. The van der Waals surface area contributed by atoms with Crippen molar-refractivity contribution in [1.29, 1.82) is 0 Å². The molecule has 0 aliphatic carbocycles. The Kier molecular flexibility index (Phi) is 8.56. The minimum atomic E-state index is -0.257. The molecular weight excluding hydrogens is 514 g/mol. The summed E-state index contributed by atoms with van der Waals surface area (Å²) < 4.78 is 5.56. The highest BCUT2D eigenvalue weighted by atomic mass is 35.5. The minimum absolute atomic E-state index is 0.0301. The van der Waals surface area contributed by atoms with Crippen molar-refractivity contribution >= 4 is 46.7 Å². The van der Waals surface area contributed by atoms with Crippen LogP contribution in [-0.4, -0.2) is 54.0 Å². The summed E-state index contributed by atoms with van der Waals surface area (Å²) in [6.45, 7) is 2.98. The van der Waals surface area contributed by atoms with Crippen LogP contribution in [-0.2, 0) is 14.3 Å². The standard InChI is InChI=1S/C30H32ClN5O3/c31-22-10-11-28(33-17-22)35-30(38)25-19-36(23-13-15-39-16-14-23)18-24(25)21-8-5-20(6-9-21)7-12-29(37)34-27-4-2-1-3-26(27)32/h1-12,17,23-25H,13-16,18-19,32H2,(H,34,37)(H,33,35,38). The number of nitrogen functional groups attached to an aromatic ring is 1. The van der Waals surface area contributed by atoms with Gasteiger partial charge in [-0.15, -0.1) is 0 Å². The maximum Gasteiger partial charge on any atom is 0.248 e. The lowest BCUT2D eigenvalue weighted by molar-refractivity contribution is -0.120. The van der Waals surface area contributed by atoms with Gasteiger partial charge in [0.1, 0.15) is 5.82 Å². The van der Waals surface area contributed by atoms with Crippen molar-refractivity contribution < 1.29 is 14.3 Å². The topological polar surface area (TPSA) is 110 Å². The highest BCUT2D eigenvalue weighted by molar-refractivity contribution is 6.30. The molecule has 2 aromatic carbocycles. The number of carbonyl (C=O) groups is 2. The van der Waals surface area contributed by atoms with Crippen LogP contribution in [0.5, 0.6) is 0 Å². The number of amides is 2. The molecular formula is C30H32ClN5O3. The SMILES string of the molecule is Nc1ccccc1NC(=O)C=Cc1ccc(C2CN(C3CCOCC3)CC2C(=O)Nc2ccc(Cl)cn2)cc1. The highest BCUT2D eigenvalue weighted by Gasteiger charge is 2.41. The lowest BCUT2D eigenvalue weighted by Gasteiger charge is -2.31. The van der Waals surface area contributed by atoms with E-state index in [1.807, 2.05) is 36.4 Å². The van der Waals surface area contributed by atoms with Gasteiger partial charge in [-0.1, -0.05) is 48.0 Å². The number of halogens is 1. The number of nitrogens with two attached hydrogens (primary N) is 1. The molecule has 0 spiro atoms. The van der Waals surface area contributed by atoms with Gasteiger partial charge in [0.15, 0.2) is 0 Å². The third-order valence-electron chi connectivity index (χ3n) is 7.38. The van der Waals surface area contributed by atoms with Crippen LogP contribution in [0.25, 0.3) is 6.08 Å². The molecule has 8 nitrogen and oxygen atoms in total. The Morgan fingerprint density at radius 2 is 1.77 bits per heavy atom. The van der Waals surface area contributed by atoms with E-state index in [1.165, 1.54) is 12.3 Å². The van der Waals surface area contributed by atoms with E-state index in [1.54, 1.807) is 30.3 Å².